The number of hydrogen-bond acceptors (Lipinski definition) is 2. The van der Waals surface area contributed by atoms with Crippen molar-refractivity contribution in [3.8, 4) is 0 Å². The summed E-state index contributed by atoms with van der Waals surface area (Å²) in [7, 11) is 1.82. The first kappa shape index (κ1) is 15.1. The Morgan fingerprint density at radius 3 is 2.43 bits per heavy atom. The zero-order chi connectivity index (χ0) is 15.1. The summed E-state index contributed by atoms with van der Waals surface area (Å²) >= 11 is 0. The Kier molecular flexibility index (Phi) is 5.38. The van der Waals surface area contributed by atoms with Gasteiger partial charge in [-0.25, -0.2) is 0 Å². The summed E-state index contributed by atoms with van der Waals surface area (Å²) in [5, 5.41) is 3.26. The van der Waals surface area contributed by atoms with E-state index in [1.54, 1.807) is 4.90 Å². The van der Waals surface area contributed by atoms with E-state index in [1.165, 1.54) is 11.1 Å². The highest BCUT2D eigenvalue weighted by Gasteiger charge is 2.08. The molecule has 0 fully saturated rings. The van der Waals surface area contributed by atoms with E-state index in [9.17, 15) is 4.79 Å². The molecule has 0 saturated heterocycles. The van der Waals surface area contributed by atoms with Crippen LogP contribution in [0, 0.1) is 0 Å². The maximum atomic E-state index is 11.9. The molecule has 0 bridgehead atoms. The lowest BCUT2D eigenvalue weighted by Crippen LogP contribution is -2.32. The van der Waals surface area contributed by atoms with Gasteiger partial charge in [-0.1, -0.05) is 48.5 Å². The maximum Gasteiger partial charge on any atom is 0.241 e. The van der Waals surface area contributed by atoms with Gasteiger partial charge in [0.2, 0.25) is 5.91 Å². The average molecular weight is 282 g/mol. The van der Waals surface area contributed by atoms with Gasteiger partial charge in [0.1, 0.15) is 0 Å². The minimum Gasteiger partial charge on any atom is -0.376 e. The van der Waals surface area contributed by atoms with Crippen molar-refractivity contribution in [1.29, 1.82) is 0 Å². The van der Waals surface area contributed by atoms with Crippen LogP contribution in [0.3, 0.4) is 0 Å². The van der Waals surface area contributed by atoms with Crippen molar-refractivity contribution < 1.29 is 4.79 Å². The maximum absolute atomic E-state index is 11.9. The molecule has 0 aliphatic rings. The number of carbonyl (C=O) groups excluding carboxylic acids is 1. The Balaban J connectivity index is 2.05. The first-order chi connectivity index (χ1) is 10.2. The number of carbonyl (C=O) groups is 1. The average Bonchev–Trinajstić information content (AvgIpc) is 2.54. The summed E-state index contributed by atoms with van der Waals surface area (Å²) in [6, 6.07) is 18.5. The minimum atomic E-state index is 0.104. The molecule has 1 N–H and O–H groups in total. The zero-order valence-electron chi connectivity index (χ0n) is 12.7. The van der Waals surface area contributed by atoms with Gasteiger partial charge in [0.05, 0.1) is 6.54 Å². The van der Waals surface area contributed by atoms with Gasteiger partial charge < -0.3 is 10.2 Å². The van der Waals surface area contributed by atoms with Crippen LogP contribution in [0.4, 0.5) is 5.69 Å². The van der Waals surface area contributed by atoms with Gasteiger partial charge in [0, 0.05) is 19.3 Å². The van der Waals surface area contributed by atoms with Crippen molar-refractivity contribution >= 4 is 11.6 Å². The lowest BCUT2D eigenvalue weighted by Gasteiger charge is -2.17. The largest absolute Gasteiger partial charge is 0.376 e. The smallest absolute Gasteiger partial charge is 0.241 e. The van der Waals surface area contributed by atoms with Crippen molar-refractivity contribution in [1.82, 2.24) is 4.90 Å². The van der Waals surface area contributed by atoms with Crippen LogP contribution in [0.25, 0.3) is 0 Å². The topological polar surface area (TPSA) is 32.3 Å². The minimum absolute atomic E-state index is 0.104. The number of anilines is 1. The van der Waals surface area contributed by atoms with Gasteiger partial charge in [0.15, 0.2) is 0 Å². The molecule has 0 saturated carbocycles. The van der Waals surface area contributed by atoms with E-state index in [2.05, 4.69) is 23.5 Å². The summed E-state index contributed by atoms with van der Waals surface area (Å²) in [5.74, 6) is 0.104. The van der Waals surface area contributed by atoms with Crippen molar-refractivity contribution in [3.63, 3.8) is 0 Å². The van der Waals surface area contributed by atoms with Crippen LogP contribution in [-0.2, 0) is 11.2 Å². The Bertz CT molecular complexity index is 581. The summed E-state index contributed by atoms with van der Waals surface area (Å²) < 4.78 is 0. The van der Waals surface area contributed by atoms with Gasteiger partial charge in [-0.3, -0.25) is 4.79 Å². The molecule has 2 rings (SSSR count). The fourth-order valence-corrected chi connectivity index (χ4v) is 2.14. The second-order valence-corrected chi connectivity index (χ2v) is 5.08. The standard InChI is InChI=1S/C18H22N2O/c1-3-20(2)18(21)14-19-17-12-8-7-11-16(17)13-15-9-5-4-6-10-15/h4-12,19H,3,13-14H2,1-2H3. The van der Waals surface area contributed by atoms with E-state index < -0.39 is 0 Å². The molecule has 0 unspecified atom stereocenters. The van der Waals surface area contributed by atoms with E-state index in [1.807, 2.05) is 50.4 Å². The van der Waals surface area contributed by atoms with Crippen LogP contribution in [0.1, 0.15) is 18.1 Å². The highest BCUT2D eigenvalue weighted by atomic mass is 16.2. The van der Waals surface area contributed by atoms with Gasteiger partial charge in [-0.2, -0.15) is 0 Å². The molecule has 1 amide bonds. The van der Waals surface area contributed by atoms with E-state index in [-0.39, 0.29) is 5.91 Å². The lowest BCUT2D eigenvalue weighted by molar-refractivity contribution is -0.127. The predicted molar refractivity (Wildman–Crippen MR) is 87.5 cm³/mol. The summed E-state index contributed by atoms with van der Waals surface area (Å²) in [5.41, 5.74) is 3.50. The molecular weight excluding hydrogens is 260 g/mol. The Morgan fingerprint density at radius 2 is 1.71 bits per heavy atom. The van der Waals surface area contributed by atoms with Crippen molar-refractivity contribution in [2.24, 2.45) is 0 Å². The molecule has 0 aliphatic heterocycles. The zero-order valence-corrected chi connectivity index (χ0v) is 12.7. The number of rotatable bonds is 6. The van der Waals surface area contributed by atoms with E-state index in [0.29, 0.717) is 6.54 Å². The summed E-state index contributed by atoms with van der Waals surface area (Å²) in [6.07, 6.45) is 0.863. The number of hydrogen-bond donors (Lipinski definition) is 1. The molecule has 0 spiro atoms. The fraction of sp³-hybridized carbons (Fsp3) is 0.278. The molecular formula is C18H22N2O. The molecule has 110 valence electrons. The van der Waals surface area contributed by atoms with Crippen LogP contribution in [0.5, 0.6) is 0 Å². The number of likely N-dealkylation sites (N-methyl/N-ethyl adjacent to an activating group) is 1. The predicted octanol–water partition coefficient (Wildman–Crippen LogP) is 3.17. The number of para-hydroxylation sites is 1. The molecule has 3 heteroatoms. The van der Waals surface area contributed by atoms with Crippen LogP contribution in [0.15, 0.2) is 54.6 Å². The normalized spacial score (nSPS) is 10.2. The van der Waals surface area contributed by atoms with Gasteiger partial charge in [-0.15, -0.1) is 0 Å². The fourth-order valence-electron chi connectivity index (χ4n) is 2.14. The number of nitrogens with zero attached hydrogens (tertiary/aromatic N) is 1. The second-order valence-electron chi connectivity index (χ2n) is 5.08. The van der Waals surface area contributed by atoms with Crippen molar-refractivity contribution in [2.45, 2.75) is 13.3 Å². The van der Waals surface area contributed by atoms with E-state index in [4.69, 9.17) is 0 Å². The number of nitrogens with one attached hydrogen (secondary N) is 1. The molecule has 3 nitrogen and oxygen atoms in total. The molecule has 0 aliphatic carbocycles. The quantitative estimate of drug-likeness (QED) is 0.882. The molecule has 0 atom stereocenters. The van der Waals surface area contributed by atoms with Crippen LogP contribution >= 0.6 is 0 Å². The molecule has 0 heterocycles. The van der Waals surface area contributed by atoms with Crippen LogP contribution in [0.2, 0.25) is 0 Å². The summed E-state index contributed by atoms with van der Waals surface area (Å²) in [6.45, 7) is 3.03. The van der Waals surface area contributed by atoms with Gasteiger partial charge in [-0.05, 0) is 30.5 Å². The molecule has 2 aromatic carbocycles. The summed E-state index contributed by atoms with van der Waals surface area (Å²) in [4.78, 5) is 13.6. The SMILES string of the molecule is CCN(C)C(=O)CNc1ccccc1Cc1ccccc1. The van der Waals surface area contributed by atoms with E-state index >= 15 is 0 Å². The van der Waals surface area contributed by atoms with Gasteiger partial charge >= 0.3 is 0 Å². The van der Waals surface area contributed by atoms with E-state index in [0.717, 1.165) is 18.7 Å². The van der Waals surface area contributed by atoms with Crippen LogP contribution < -0.4 is 5.32 Å². The molecule has 2 aromatic rings. The van der Waals surface area contributed by atoms with Crippen molar-refractivity contribution in [2.75, 3.05) is 25.5 Å². The van der Waals surface area contributed by atoms with Crippen LogP contribution in [-0.4, -0.2) is 30.9 Å². The lowest BCUT2D eigenvalue weighted by atomic mass is 10.0. The molecule has 0 aromatic heterocycles. The Hall–Kier alpha value is -2.29. The van der Waals surface area contributed by atoms with Gasteiger partial charge in [0.25, 0.3) is 0 Å². The molecule has 21 heavy (non-hydrogen) atoms. The number of amides is 1. The first-order valence-electron chi connectivity index (χ1n) is 7.30. The highest BCUT2D eigenvalue weighted by Crippen LogP contribution is 2.18. The molecule has 0 radical (unpaired) electrons. The van der Waals surface area contributed by atoms with Crippen molar-refractivity contribution in [3.05, 3.63) is 65.7 Å². The second kappa shape index (κ2) is 7.48. The highest BCUT2D eigenvalue weighted by molar-refractivity contribution is 5.80. The first-order valence-corrected chi connectivity index (χ1v) is 7.30. The third kappa shape index (κ3) is 4.35. The Morgan fingerprint density at radius 1 is 1.05 bits per heavy atom. The monoisotopic (exact) mass is 282 g/mol. The Labute approximate surface area is 126 Å². The third-order valence-electron chi connectivity index (χ3n) is 3.58. The third-order valence-corrected chi connectivity index (χ3v) is 3.58. The number of benzene rings is 2.